The molecule has 5 heterocycles. The van der Waals surface area contributed by atoms with Gasteiger partial charge in [-0.05, 0) is 68.6 Å². The van der Waals surface area contributed by atoms with Gasteiger partial charge in [0.05, 0.1) is 46.3 Å². The number of amides is 4. The molecule has 4 amide bonds. The molecule has 47 heavy (non-hydrogen) atoms. The van der Waals surface area contributed by atoms with Crippen molar-refractivity contribution in [2.24, 2.45) is 5.92 Å². The Balaban J connectivity index is 0.876. The van der Waals surface area contributed by atoms with Crippen LogP contribution in [-0.4, -0.2) is 99.0 Å². The highest BCUT2D eigenvalue weighted by Gasteiger charge is 2.44. The summed E-state index contributed by atoms with van der Waals surface area (Å²) in [5.74, 6) is -1.59. The van der Waals surface area contributed by atoms with Crippen LogP contribution in [-0.2, 0) is 9.59 Å². The summed E-state index contributed by atoms with van der Waals surface area (Å²) in [6, 6.07) is 10.7. The first-order valence-electron chi connectivity index (χ1n) is 16.1. The van der Waals surface area contributed by atoms with Crippen molar-refractivity contribution in [3.63, 3.8) is 0 Å². The zero-order chi connectivity index (χ0) is 32.2. The Labute approximate surface area is 270 Å². The van der Waals surface area contributed by atoms with Crippen LogP contribution in [0.3, 0.4) is 0 Å². The Kier molecular flexibility index (Phi) is 7.20. The quantitative estimate of drug-likeness (QED) is 0.292. The number of imide groups is 2. The minimum atomic E-state index is -0.973. The Hall–Kier alpha value is -5.17. The van der Waals surface area contributed by atoms with Gasteiger partial charge in [0.15, 0.2) is 0 Å². The maximum absolute atomic E-state index is 13.1. The van der Waals surface area contributed by atoms with Crippen LogP contribution < -0.4 is 15.5 Å². The second kappa shape index (κ2) is 11.6. The van der Waals surface area contributed by atoms with Gasteiger partial charge in [-0.25, -0.2) is 4.98 Å². The predicted molar refractivity (Wildman–Crippen MR) is 174 cm³/mol. The van der Waals surface area contributed by atoms with E-state index in [9.17, 15) is 19.2 Å². The third-order valence-electron chi connectivity index (χ3n) is 9.91. The highest BCUT2D eigenvalue weighted by molar-refractivity contribution is 6.23. The number of fused-ring (bicyclic) bond motifs is 2. The third kappa shape index (κ3) is 5.39. The molecule has 2 aromatic heterocycles. The lowest BCUT2D eigenvalue weighted by molar-refractivity contribution is -0.136. The van der Waals surface area contributed by atoms with Gasteiger partial charge in [0.2, 0.25) is 11.8 Å². The van der Waals surface area contributed by atoms with Crippen LogP contribution in [0, 0.1) is 5.92 Å². The van der Waals surface area contributed by atoms with Crippen molar-refractivity contribution in [3.8, 4) is 11.3 Å². The molecule has 2 N–H and O–H groups in total. The first kappa shape index (κ1) is 29.2. The van der Waals surface area contributed by atoms with Crippen molar-refractivity contribution in [2.45, 2.75) is 37.8 Å². The van der Waals surface area contributed by atoms with Crippen molar-refractivity contribution in [1.82, 2.24) is 34.9 Å². The van der Waals surface area contributed by atoms with Crippen LogP contribution in [0.4, 0.5) is 11.4 Å². The van der Waals surface area contributed by atoms with Crippen molar-refractivity contribution < 1.29 is 19.2 Å². The highest BCUT2D eigenvalue weighted by Crippen LogP contribution is 2.38. The fourth-order valence-electron chi connectivity index (χ4n) is 7.00. The lowest BCUT2D eigenvalue weighted by Gasteiger charge is -2.35. The second-order valence-electron chi connectivity index (χ2n) is 13.0. The zero-order valence-electron chi connectivity index (χ0n) is 26.1. The molecule has 2 aromatic carbocycles. The average molecular weight is 634 g/mol. The van der Waals surface area contributed by atoms with E-state index in [1.165, 1.54) is 5.69 Å². The topological polar surface area (TPSA) is 146 Å². The lowest BCUT2D eigenvalue weighted by atomic mass is 9.80. The van der Waals surface area contributed by atoms with Gasteiger partial charge in [-0.1, -0.05) is 0 Å². The van der Waals surface area contributed by atoms with Crippen molar-refractivity contribution in [2.75, 3.05) is 50.0 Å². The number of piperazine rings is 1. The molecule has 3 aliphatic heterocycles. The molecule has 1 saturated carbocycles. The van der Waals surface area contributed by atoms with Crippen LogP contribution in [0.1, 0.15) is 52.4 Å². The molecule has 4 aliphatic rings. The number of aromatic nitrogens is 4. The summed E-state index contributed by atoms with van der Waals surface area (Å²) in [4.78, 5) is 65.3. The molecule has 1 aliphatic carbocycles. The number of hydrogen-bond acceptors (Lipinski definition) is 10. The highest BCUT2D eigenvalue weighted by atomic mass is 16.2. The van der Waals surface area contributed by atoms with Gasteiger partial charge in [0.1, 0.15) is 6.04 Å². The van der Waals surface area contributed by atoms with Gasteiger partial charge >= 0.3 is 0 Å². The number of likely N-dealkylation sites (N-methyl/N-ethyl adjacent to an activating group) is 1. The standard InChI is InChI=1S/C34H35N9O4/c1-40-8-10-41(11-9-40)23-3-5-27-28(15-23)38-29(18-36-27)21-17-37-42(19-21)24-12-20(13-24)16-35-22-2-4-25-26(14-22)34(47)43(33(25)46)30-6-7-31(44)39-32(30)45/h2-5,14-15,17-20,24,30,35H,6-13,16H2,1H3,(H,39,44,45)/t20-,24+,30?. The molecule has 13 heteroatoms. The molecular weight excluding hydrogens is 598 g/mol. The molecule has 0 spiro atoms. The second-order valence-corrected chi connectivity index (χ2v) is 13.0. The number of nitrogens with one attached hydrogen (secondary N) is 2. The summed E-state index contributed by atoms with van der Waals surface area (Å²) < 4.78 is 2.02. The van der Waals surface area contributed by atoms with E-state index in [4.69, 9.17) is 4.98 Å². The fourth-order valence-corrected chi connectivity index (χ4v) is 7.00. The maximum Gasteiger partial charge on any atom is 0.262 e. The number of rotatable bonds is 7. The van der Waals surface area contributed by atoms with E-state index >= 15 is 0 Å². The van der Waals surface area contributed by atoms with Crippen molar-refractivity contribution in [3.05, 3.63) is 66.1 Å². The minimum Gasteiger partial charge on any atom is -0.385 e. The number of nitrogens with zero attached hydrogens (tertiary/aromatic N) is 7. The van der Waals surface area contributed by atoms with Crippen molar-refractivity contribution >= 4 is 46.0 Å². The average Bonchev–Trinajstić information content (AvgIpc) is 3.63. The SMILES string of the molecule is CN1CCN(c2ccc3ncc(-c4cnn([C@H]5C[C@@H](CNc6ccc7c(c6)C(=O)N(C6CCC(=O)NC6=O)C7=O)C5)c4)nc3c2)CC1. The number of piperidine rings is 1. The molecule has 1 unspecified atom stereocenters. The Bertz CT molecular complexity index is 1930. The summed E-state index contributed by atoms with van der Waals surface area (Å²) in [5.41, 5.74) is 5.96. The monoisotopic (exact) mass is 633 g/mol. The van der Waals surface area contributed by atoms with Gasteiger partial charge in [-0.2, -0.15) is 5.10 Å². The normalized spacial score (nSPS) is 23.2. The molecule has 1 atom stereocenters. The Morgan fingerprint density at radius 2 is 1.72 bits per heavy atom. The lowest BCUT2D eigenvalue weighted by Crippen LogP contribution is -2.54. The molecule has 2 saturated heterocycles. The molecule has 0 radical (unpaired) electrons. The third-order valence-corrected chi connectivity index (χ3v) is 9.91. The number of carbonyl (C=O) groups is 4. The van der Waals surface area contributed by atoms with E-state index in [-0.39, 0.29) is 30.0 Å². The Morgan fingerprint density at radius 1 is 0.915 bits per heavy atom. The minimum absolute atomic E-state index is 0.0918. The van der Waals surface area contributed by atoms with Crippen LogP contribution >= 0.6 is 0 Å². The van der Waals surface area contributed by atoms with Gasteiger partial charge < -0.3 is 15.1 Å². The molecule has 8 rings (SSSR count). The van der Waals surface area contributed by atoms with Gasteiger partial charge in [0, 0.05) is 62.3 Å². The fraction of sp³-hybridized carbons (Fsp3) is 0.382. The Morgan fingerprint density at radius 3 is 2.53 bits per heavy atom. The maximum atomic E-state index is 13.1. The molecule has 0 bridgehead atoms. The van der Waals surface area contributed by atoms with Crippen LogP contribution in [0.2, 0.25) is 0 Å². The summed E-state index contributed by atoms with van der Waals surface area (Å²) in [6.45, 7) is 4.81. The first-order chi connectivity index (χ1) is 22.8. The van der Waals surface area contributed by atoms with E-state index in [1.807, 2.05) is 29.3 Å². The number of hydrogen-bond donors (Lipinski definition) is 2. The van der Waals surface area contributed by atoms with E-state index in [0.717, 1.165) is 71.9 Å². The predicted octanol–water partition coefficient (Wildman–Crippen LogP) is 2.71. The summed E-state index contributed by atoms with van der Waals surface area (Å²) >= 11 is 0. The van der Waals surface area contributed by atoms with Gasteiger partial charge in [-0.3, -0.25) is 39.1 Å². The van der Waals surface area contributed by atoms with E-state index < -0.39 is 29.7 Å². The van der Waals surface area contributed by atoms with Crippen LogP contribution in [0.15, 0.2) is 55.0 Å². The smallest absolute Gasteiger partial charge is 0.262 e. The van der Waals surface area contributed by atoms with Gasteiger partial charge in [-0.15, -0.1) is 0 Å². The van der Waals surface area contributed by atoms with Crippen molar-refractivity contribution in [1.29, 1.82) is 0 Å². The van der Waals surface area contributed by atoms with Crippen LogP contribution in [0.5, 0.6) is 0 Å². The molecule has 3 fully saturated rings. The summed E-state index contributed by atoms with van der Waals surface area (Å²) in [5, 5.41) is 10.3. The first-order valence-corrected chi connectivity index (χ1v) is 16.1. The molecule has 4 aromatic rings. The summed E-state index contributed by atoms with van der Waals surface area (Å²) in [7, 11) is 2.16. The number of carbonyl (C=O) groups excluding carboxylic acids is 4. The van der Waals surface area contributed by atoms with Gasteiger partial charge in [0.25, 0.3) is 11.8 Å². The van der Waals surface area contributed by atoms with E-state index in [0.29, 0.717) is 12.5 Å². The molecule has 13 nitrogen and oxygen atoms in total. The van der Waals surface area contributed by atoms with E-state index in [2.05, 4.69) is 49.7 Å². The zero-order valence-corrected chi connectivity index (χ0v) is 26.1. The largest absolute Gasteiger partial charge is 0.385 e. The van der Waals surface area contributed by atoms with Crippen LogP contribution in [0.25, 0.3) is 22.3 Å². The number of anilines is 2. The molecular formula is C34H35N9O4. The summed E-state index contributed by atoms with van der Waals surface area (Å²) in [6.07, 6.45) is 7.85. The molecule has 240 valence electrons. The van der Waals surface area contributed by atoms with E-state index in [1.54, 1.807) is 18.2 Å². The number of benzene rings is 2.